The van der Waals surface area contributed by atoms with Crippen molar-refractivity contribution in [3.05, 3.63) is 60.2 Å². The number of fused-ring (bicyclic) bond motifs is 1. The first kappa shape index (κ1) is 22.0. The molecule has 1 aromatic carbocycles. The van der Waals surface area contributed by atoms with E-state index in [0.29, 0.717) is 11.0 Å². The second-order valence-corrected chi connectivity index (χ2v) is 8.07. The molecule has 4 aromatic rings. The number of benzene rings is 1. The van der Waals surface area contributed by atoms with Crippen LogP contribution in [0.25, 0.3) is 28.1 Å². The summed E-state index contributed by atoms with van der Waals surface area (Å²) >= 11 is 0. The fourth-order valence-corrected chi connectivity index (χ4v) is 3.97. The molecule has 1 fully saturated rings. The average molecular weight is 476 g/mol. The zero-order chi connectivity index (χ0) is 24.1. The van der Waals surface area contributed by atoms with Crippen LogP contribution >= 0.6 is 0 Å². The van der Waals surface area contributed by atoms with Crippen LogP contribution in [-0.4, -0.2) is 54.6 Å². The number of alkyl halides is 5. The Kier molecular flexibility index (Phi) is 5.10. The number of aromatic amines is 1. The zero-order valence-corrected chi connectivity index (χ0v) is 17.5. The van der Waals surface area contributed by atoms with Crippen molar-refractivity contribution in [1.29, 1.82) is 0 Å². The Hall–Kier alpha value is -3.83. The van der Waals surface area contributed by atoms with E-state index in [-0.39, 0.29) is 35.7 Å². The van der Waals surface area contributed by atoms with Crippen molar-refractivity contribution in [2.24, 2.45) is 0 Å². The van der Waals surface area contributed by atoms with Gasteiger partial charge in [0.15, 0.2) is 5.82 Å². The Bertz CT molecular complexity index is 1350. The molecule has 1 aliphatic heterocycles. The molecular weight excluding hydrogens is 459 g/mol. The van der Waals surface area contributed by atoms with E-state index in [0.717, 1.165) is 12.1 Å². The van der Waals surface area contributed by atoms with Gasteiger partial charge in [-0.1, -0.05) is 0 Å². The van der Waals surface area contributed by atoms with Crippen LogP contribution in [0, 0.1) is 0 Å². The normalized spacial score (nSPS) is 16.2. The number of carbonyl (C=O) groups is 1. The number of nitrogens with one attached hydrogen (secondary N) is 1. The molecule has 1 amide bonds. The zero-order valence-electron chi connectivity index (χ0n) is 17.5. The Morgan fingerprint density at radius 1 is 1.09 bits per heavy atom. The lowest BCUT2D eigenvalue weighted by Gasteiger charge is -2.31. The molecule has 4 heterocycles. The molecule has 1 aliphatic rings. The topological polar surface area (TPSA) is 79.7 Å². The van der Waals surface area contributed by atoms with Crippen molar-refractivity contribution in [2.75, 3.05) is 13.1 Å². The summed E-state index contributed by atoms with van der Waals surface area (Å²) in [5, 5.41) is 7.93. The Labute approximate surface area is 189 Å². The number of pyridine rings is 1. The maximum absolute atomic E-state index is 13.6. The van der Waals surface area contributed by atoms with Crippen LogP contribution in [0.15, 0.2) is 49.1 Å². The number of nitrogens with zero attached hydrogens (tertiary/aromatic N) is 5. The van der Waals surface area contributed by atoms with Gasteiger partial charge in [0.1, 0.15) is 12.0 Å². The molecule has 1 saturated heterocycles. The minimum atomic E-state index is -4.59. The molecule has 176 valence electrons. The molecule has 12 heteroatoms. The van der Waals surface area contributed by atoms with Crippen molar-refractivity contribution in [2.45, 2.75) is 24.9 Å². The van der Waals surface area contributed by atoms with Gasteiger partial charge < -0.3 is 14.5 Å². The highest BCUT2D eigenvalue weighted by Gasteiger charge is 2.36. The average Bonchev–Trinajstić information content (AvgIpc) is 3.47. The van der Waals surface area contributed by atoms with E-state index in [1.807, 2.05) is 0 Å². The second kappa shape index (κ2) is 7.89. The van der Waals surface area contributed by atoms with E-state index in [2.05, 4.69) is 20.2 Å². The number of halogens is 5. The maximum Gasteiger partial charge on any atom is 0.416 e. The quantitative estimate of drug-likeness (QED) is 0.435. The first-order chi connectivity index (χ1) is 16.1. The summed E-state index contributed by atoms with van der Waals surface area (Å²) < 4.78 is 68.9. The van der Waals surface area contributed by atoms with Gasteiger partial charge in [-0.2, -0.15) is 13.2 Å². The van der Waals surface area contributed by atoms with Crippen LogP contribution in [0.1, 0.15) is 28.8 Å². The van der Waals surface area contributed by atoms with Crippen LogP contribution in [0.2, 0.25) is 0 Å². The number of H-pyrrole nitrogens is 1. The molecule has 0 atom stereocenters. The molecule has 0 unspecified atom stereocenters. The summed E-state index contributed by atoms with van der Waals surface area (Å²) in [5.41, 5.74) is 0.0808. The van der Waals surface area contributed by atoms with E-state index < -0.39 is 36.4 Å². The number of likely N-dealkylation sites (tertiary alicyclic amines) is 1. The third kappa shape index (κ3) is 4.11. The van der Waals surface area contributed by atoms with Gasteiger partial charge in [-0.15, -0.1) is 10.2 Å². The van der Waals surface area contributed by atoms with Gasteiger partial charge in [-0.3, -0.25) is 4.79 Å². The minimum absolute atomic E-state index is 0.0560. The number of aromatic nitrogens is 5. The van der Waals surface area contributed by atoms with Crippen molar-refractivity contribution >= 4 is 16.9 Å². The number of rotatable bonds is 3. The molecule has 0 saturated carbocycles. The van der Waals surface area contributed by atoms with Gasteiger partial charge in [-0.05, 0) is 30.3 Å². The van der Waals surface area contributed by atoms with Crippen molar-refractivity contribution in [1.82, 2.24) is 29.6 Å². The highest BCUT2D eigenvalue weighted by Crippen LogP contribution is 2.34. The van der Waals surface area contributed by atoms with Gasteiger partial charge in [0.25, 0.3) is 11.8 Å². The number of amides is 1. The van der Waals surface area contributed by atoms with Crippen LogP contribution in [-0.2, 0) is 6.18 Å². The summed E-state index contributed by atoms with van der Waals surface area (Å²) in [7, 11) is 0. The van der Waals surface area contributed by atoms with E-state index in [4.69, 9.17) is 0 Å². The largest absolute Gasteiger partial charge is 0.416 e. The number of hydrogen-bond donors (Lipinski definition) is 1. The van der Waals surface area contributed by atoms with Crippen LogP contribution in [0.5, 0.6) is 0 Å². The molecule has 0 radical (unpaired) electrons. The van der Waals surface area contributed by atoms with Gasteiger partial charge in [0.2, 0.25) is 0 Å². The standard InChI is InChI=1S/C22H17F5N6O/c23-21(24)2-5-32(6-3-21)20(34)15-7-13-1-4-33(19(13)28-11-15)17-9-14(18-29-12-30-31-18)8-16(10-17)22(25,26)27/h1,4,7-12H,2-3,5-6H2,(H,29,30,31). The lowest BCUT2D eigenvalue weighted by Crippen LogP contribution is -2.42. The Balaban J connectivity index is 1.51. The maximum atomic E-state index is 13.6. The summed E-state index contributed by atoms with van der Waals surface area (Å²) in [4.78, 5) is 21.1. The summed E-state index contributed by atoms with van der Waals surface area (Å²) in [6.07, 6.45) is -1.26. The highest BCUT2D eigenvalue weighted by molar-refractivity contribution is 5.97. The monoisotopic (exact) mass is 476 g/mol. The predicted molar refractivity (Wildman–Crippen MR) is 112 cm³/mol. The summed E-state index contributed by atoms with van der Waals surface area (Å²) in [6.45, 7) is -0.112. The van der Waals surface area contributed by atoms with Crippen LogP contribution < -0.4 is 0 Å². The van der Waals surface area contributed by atoms with E-state index in [1.165, 1.54) is 28.1 Å². The molecular formula is C22H17F5N6O. The van der Waals surface area contributed by atoms with E-state index in [9.17, 15) is 26.7 Å². The molecule has 0 aliphatic carbocycles. The Morgan fingerprint density at radius 3 is 2.53 bits per heavy atom. The molecule has 7 nitrogen and oxygen atoms in total. The van der Waals surface area contributed by atoms with Crippen molar-refractivity contribution in [3.8, 4) is 17.1 Å². The lowest BCUT2D eigenvalue weighted by molar-refractivity contribution is -0.137. The van der Waals surface area contributed by atoms with Gasteiger partial charge in [-0.25, -0.2) is 13.8 Å². The van der Waals surface area contributed by atoms with E-state index in [1.54, 1.807) is 18.3 Å². The smallest absolute Gasteiger partial charge is 0.338 e. The van der Waals surface area contributed by atoms with Crippen molar-refractivity contribution < 1.29 is 26.7 Å². The lowest BCUT2D eigenvalue weighted by atomic mass is 10.1. The fraction of sp³-hybridized carbons (Fsp3) is 0.273. The molecule has 5 rings (SSSR count). The van der Waals surface area contributed by atoms with Gasteiger partial charge in [0.05, 0.1) is 11.1 Å². The first-order valence-electron chi connectivity index (χ1n) is 10.3. The minimum Gasteiger partial charge on any atom is -0.338 e. The fourth-order valence-electron chi connectivity index (χ4n) is 3.97. The van der Waals surface area contributed by atoms with Crippen molar-refractivity contribution in [3.63, 3.8) is 0 Å². The van der Waals surface area contributed by atoms with Gasteiger partial charge in [0, 0.05) is 55.0 Å². The molecule has 0 bridgehead atoms. The Morgan fingerprint density at radius 2 is 1.85 bits per heavy atom. The predicted octanol–water partition coefficient (Wildman–Crippen LogP) is 4.70. The van der Waals surface area contributed by atoms with E-state index >= 15 is 0 Å². The molecule has 1 N–H and O–H groups in total. The number of hydrogen-bond acceptors (Lipinski definition) is 4. The van der Waals surface area contributed by atoms with Crippen LogP contribution in [0.4, 0.5) is 22.0 Å². The highest BCUT2D eigenvalue weighted by atomic mass is 19.4. The molecule has 0 spiro atoms. The summed E-state index contributed by atoms with van der Waals surface area (Å²) in [6, 6.07) is 6.66. The third-order valence-corrected chi connectivity index (χ3v) is 5.77. The summed E-state index contributed by atoms with van der Waals surface area (Å²) in [5.74, 6) is -3.01. The second-order valence-electron chi connectivity index (χ2n) is 8.07. The molecule has 34 heavy (non-hydrogen) atoms. The van der Waals surface area contributed by atoms with Crippen LogP contribution in [0.3, 0.4) is 0 Å². The third-order valence-electron chi connectivity index (χ3n) is 5.77. The van der Waals surface area contributed by atoms with Gasteiger partial charge >= 0.3 is 6.18 Å². The molecule has 3 aromatic heterocycles. The first-order valence-corrected chi connectivity index (χ1v) is 10.3. The number of piperidine rings is 1. The number of carbonyl (C=O) groups excluding carboxylic acids is 1. The SMILES string of the molecule is O=C(c1cnc2c(ccn2-c2cc(-c3nnc[nH]3)cc(C(F)(F)F)c2)c1)N1CCC(F)(F)CC1.